The number of rotatable bonds is 4. The summed E-state index contributed by atoms with van der Waals surface area (Å²) in [5.41, 5.74) is 6.64. The molecule has 2 aromatic rings. The van der Waals surface area contributed by atoms with Crippen molar-refractivity contribution in [2.45, 2.75) is 13.1 Å². The third-order valence-electron chi connectivity index (χ3n) is 1.92. The van der Waals surface area contributed by atoms with Crippen molar-refractivity contribution in [2.75, 3.05) is 5.32 Å². The lowest BCUT2D eigenvalue weighted by Gasteiger charge is -2.01. The van der Waals surface area contributed by atoms with Gasteiger partial charge in [0.25, 0.3) is 0 Å². The molecular formula is C10H12N4S. The van der Waals surface area contributed by atoms with E-state index in [0.717, 1.165) is 22.1 Å². The Labute approximate surface area is 92.2 Å². The molecule has 0 amide bonds. The molecule has 2 rings (SSSR count). The van der Waals surface area contributed by atoms with Crippen molar-refractivity contribution in [3.05, 3.63) is 41.2 Å². The number of nitrogens with zero attached hydrogens (tertiary/aromatic N) is 2. The van der Waals surface area contributed by atoms with E-state index < -0.39 is 0 Å². The Hall–Kier alpha value is -1.46. The van der Waals surface area contributed by atoms with Crippen LogP contribution >= 0.6 is 11.3 Å². The molecule has 3 N–H and O–H groups in total. The summed E-state index contributed by atoms with van der Waals surface area (Å²) >= 11 is 1.58. The van der Waals surface area contributed by atoms with Crippen LogP contribution in [0.2, 0.25) is 0 Å². The van der Waals surface area contributed by atoms with E-state index in [1.165, 1.54) is 0 Å². The second-order valence-corrected chi connectivity index (χ2v) is 4.17. The molecule has 0 saturated heterocycles. The molecule has 2 heterocycles. The summed E-state index contributed by atoms with van der Waals surface area (Å²) < 4.78 is 0. The number of nitrogens with one attached hydrogen (secondary N) is 1. The largest absolute Gasteiger partial charge is 0.357 e. The van der Waals surface area contributed by atoms with Gasteiger partial charge in [0.15, 0.2) is 5.13 Å². The lowest BCUT2D eigenvalue weighted by atomic mass is 10.3. The monoisotopic (exact) mass is 220 g/mol. The van der Waals surface area contributed by atoms with Gasteiger partial charge in [-0.05, 0) is 11.6 Å². The van der Waals surface area contributed by atoms with Gasteiger partial charge in [-0.3, -0.25) is 4.98 Å². The molecule has 0 saturated carbocycles. The van der Waals surface area contributed by atoms with Gasteiger partial charge in [-0.1, -0.05) is 6.07 Å². The predicted octanol–water partition coefficient (Wildman–Crippen LogP) is 1.61. The molecule has 0 aromatic carbocycles. The van der Waals surface area contributed by atoms with Crippen molar-refractivity contribution in [2.24, 2.45) is 5.73 Å². The zero-order valence-corrected chi connectivity index (χ0v) is 9.00. The predicted molar refractivity (Wildman–Crippen MR) is 61.6 cm³/mol. The first-order valence-electron chi connectivity index (χ1n) is 4.66. The summed E-state index contributed by atoms with van der Waals surface area (Å²) in [5.74, 6) is 0. The molecule has 4 nitrogen and oxygen atoms in total. The number of pyridine rings is 1. The maximum absolute atomic E-state index is 5.50. The average Bonchev–Trinajstić information content (AvgIpc) is 2.76. The van der Waals surface area contributed by atoms with E-state index in [0.29, 0.717) is 6.54 Å². The van der Waals surface area contributed by atoms with E-state index in [2.05, 4.69) is 15.3 Å². The van der Waals surface area contributed by atoms with Crippen LogP contribution in [0.5, 0.6) is 0 Å². The molecule has 0 atom stereocenters. The van der Waals surface area contributed by atoms with Crippen molar-refractivity contribution >= 4 is 16.5 Å². The molecular weight excluding hydrogens is 208 g/mol. The van der Waals surface area contributed by atoms with Crippen LogP contribution < -0.4 is 11.1 Å². The third kappa shape index (κ3) is 2.74. The standard InChI is InChI=1S/C10H12N4S/c11-4-9-7-14-10(15-9)13-6-8-2-1-3-12-5-8/h1-3,5,7H,4,6,11H2,(H,13,14). The molecule has 0 radical (unpaired) electrons. The highest BCUT2D eigenvalue weighted by Crippen LogP contribution is 2.17. The van der Waals surface area contributed by atoms with E-state index in [9.17, 15) is 0 Å². The van der Waals surface area contributed by atoms with E-state index in [4.69, 9.17) is 5.73 Å². The minimum Gasteiger partial charge on any atom is -0.357 e. The van der Waals surface area contributed by atoms with Crippen LogP contribution in [-0.2, 0) is 13.1 Å². The summed E-state index contributed by atoms with van der Waals surface area (Å²) in [7, 11) is 0. The van der Waals surface area contributed by atoms with Crippen LogP contribution in [0.15, 0.2) is 30.7 Å². The molecule has 5 heteroatoms. The zero-order chi connectivity index (χ0) is 10.5. The summed E-state index contributed by atoms with van der Waals surface area (Å²) in [6.45, 7) is 1.29. The van der Waals surface area contributed by atoms with Gasteiger partial charge >= 0.3 is 0 Å². The Morgan fingerprint density at radius 3 is 3.00 bits per heavy atom. The Balaban J connectivity index is 1.93. The fourth-order valence-corrected chi connectivity index (χ4v) is 1.85. The van der Waals surface area contributed by atoms with E-state index in [1.807, 2.05) is 18.3 Å². The normalized spacial score (nSPS) is 10.2. The van der Waals surface area contributed by atoms with Gasteiger partial charge in [-0.15, -0.1) is 11.3 Å². The fraction of sp³-hybridized carbons (Fsp3) is 0.200. The molecule has 78 valence electrons. The van der Waals surface area contributed by atoms with Gasteiger partial charge in [0.05, 0.1) is 0 Å². The second-order valence-electron chi connectivity index (χ2n) is 3.05. The van der Waals surface area contributed by atoms with Crippen LogP contribution in [0.1, 0.15) is 10.4 Å². The van der Waals surface area contributed by atoms with Gasteiger partial charge in [-0.25, -0.2) is 4.98 Å². The highest BCUT2D eigenvalue weighted by atomic mass is 32.1. The molecule has 0 bridgehead atoms. The SMILES string of the molecule is NCc1cnc(NCc2cccnc2)s1. The number of hydrogen-bond donors (Lipinski definition) is 2. The van der Waals surface area contributed by atoms with Crippen LogP contribution in [0.4, 0.5) is 5.13 Å². The third-order valence-corrected chi connectivity index (χ3v) is 2.90. The van der Waals surface area contributed by atoms with E-state index in [-0.39, 0.29) is 0 Å². The first kappa shape index (κ1) is 10.1. The maximum atomic E-state index is 5.50. The Kier molecular flexibility index (Phi) is 3.26. The lowest BCUT2D eigenvalue weighted by Crippen LogP contribution is -1.98. The first-order valence-corrected chi connectivity index (χ1v) is 5.47. The summed E-state index contributed by atoms with van der Waals surface area (Å²) in [6, 6.07) is 3.95. The van der Waals surface area contributed by atoms with Gasteiger partial charge in [-0.2, -0.15) is 0 Å². The summed E-state index contributed by atoms with van der Waals surface area (Å²) in [6.07, 6.45) is 5.40. The molecule has 0 aliphatic rings. The fourth-order valence-electron chi connectivity index (χ4n) is 1.16. The van der Waals surface area contributed by atoms with Crippen molar-refractivity contribution in [3.8, 4) is 0 Å². The van der Waals surface area contributed by atoms with E-state index >= 15 is 0 Å². The molecule has 0 aliphatic carbocycles. The molecule has 15 heavy (non-hydrogen) atoms. The molecule has 0 unspecified atom stereocenters. The van der Waals surface area contributed by atoms with Crippen molar-refractivity contribution in [1.29, 1.82) is 0 Å². The van der Waals surface area contributed by atoms with Crippen LogP contribution in [0.25, 0.3) is 0 Å². The van der Waals surface area contributed by atoms with E-state index in [1.54, 1.807) is 23.7 Å². The number of nitrogens with two attached hydrogens (primary N) is 1. The van der Waals surface area contributed by atoms with Crippen LogP contribution in [0, 0.1) is 0 Å². The Morgan fingerprint density at radius 1 is 1.40 bits per heavy atom. The van der Waals surface area contributed by atoms with Crippen molar-refractivity contribution in [1.82, 2.24) is 9.97 Å². The maximum Gasteiger partial charge on any atom is 0.183 e. The Bertz CT molecular complexity index is 412. The first-order chi connectivity index (χ1) is 7.38. The summed E-state index contributed by atoms with van der Waals surface area (Å²) in [4.78, 5) is 9.34. The number of hydrogen-bond acceptors (Lipinski definition) is 5. The highest BCUT2D eigenvalue weighted by molar-refractivity contribution is 7.15. The quantitative estimate of drug-likeness (QED) is 0.821. The van der Waals surface area contributed by atoms with Crippen LogP contribution in [0.3, 0.4) is 0 Å². The van der Waals surface area contributed by atoms with Gasteiger partial charge in [0.1, 0.15) is 0 Å². The zero-order valence-electron chi connectivity index (χ0n) is 8.18. The smallest absolute Gasteiger partial charge is 0.183 e. The van der Waals surface area contributed by atoms with Gasteiger partial charge in [0, 0.05) is 36.6 Å². The minimum absolute atomic E-state index is 0.548. The van der Waals surface area contributed by atoms with Crippen molar-refractivity contribution < 1.29 is 0 Å². The molecule has 0 spiro atoms. The van der Waals surface area contributed by atoms with Gasteiger partial charge < -0.3 is 11.1 Å². The Morgan fingerprint density at radius 2 is 2.33 bits per heavy atom. The lowest BCUT2D eigenvalue weighted by molar-refractivity contribution is 1.09. The van der Waals surface area contributed by atoms with Gasteiger partial charge in [0.2, 0.25) is 0 Å². The highest BCUT2D eigenvalue weighted by Gasteiger charge is 1.99. The van der Waals surface area contributed by atoms with Crippen molar-refractivity contribution in [3.63, 3.8) is 0 Å². The van der Waals surface area contributed by atoms with Crippen LogP contribution in [-0.4, -0.2) is 9.97 Å². The minimum atomic E-state index is 0.548. The number of aromatic nitrogens is 2. The second kappa shape index (κ2) is 4.86. The number of anilines is 1. The molecule has 0 aliphatic heterocycles. The topological polar surface area (TPSA) is 63.8 Å². The molecule has 0 fully saturated rings. The molecule has 2 aromatic heterocycles. The summed E-state index contributed by atoms with van der Waals surface area (Å²) in [5, 5.41) is 4.13. The average molecular weight is 220 g/mol. The number of thiazole rings is 1.